The van der Waals surface area contributed by atoms with E-state index in [1.165, 1.54) is 23.5 Å². The molecule has 206 valence electrons. The molecule has 0 aliphatic carbocycles. The number of piperidine rings is 1. The fourth-order valence-corrected chi connectivity index (χ4v) is 3.98. The van der Waals surface area contributed by atoms with Crippen molar-refractivity contribution >= 4 is 21.7 Å². The Morgan fingerprint density at radius 3 is 2.24 bits per heavy atom. The van der Waals surface area contributed by atoms with Crippen LogP contribution >= 0.6 is 0 Å². The average Bonchev–Trinajstić information content (AvgIpc) is 3.44. The summed E-state index contributed by atoms with van der Waals surface area (Å²) < 4.78 is 72.7. The molecular weight excluding hydrogens is 529 g/mol. The van der Waals surface area contributed by atoms with E-state index in [1.807, 2.05) is 20.8 Å². The number of halogens is 3. The Hall–Kier alpha value is -3.80. The number of hydrogen-bond donors (Lipinski definition) is 0. The van der Waals surface area contributed by atoms with Crippen LogP contribution in [0.25, 0.3) is 16.6 Å². The number of rotatable bonds is 3. The lowest BCUT2D eigenvalue weighted by atomic mass is 10.1. The first-order valence-electron chi connectivity index (χ1n) is 11.5. The smallest absolute Gasteiger partial charge is 0.444 e. The SMILES string of the molecule is CC(C)(C)OC(=O)N1CCCCC1.Cn1cc(-c2cc(OS(=O)(=O)C(F)(F)F)c3c(C#N)cnn3c2)cn1. The third kappa shape index (κ3) is 6.94. The molecule has 11 nitrogen and oxygen atoms in total. The molecule has 0 N–H and O–H groups in total. The van der Waals surface area contributed by atoms with E-state index >= 15 is 0 Å². The summed E-state index contributed by atoms with van der Waals surface area (Å²) in [7, 11) is -4.28. The Morgan fingerprint density at radius 1 is 1.05 bits per heavy atom. The van der Waals surface area contributed by atoms with Gasteiger partial charge in [-0.25, -0.2) is 9.31 Å². The minimum atomic E-state index is -5.91. The van der Waals surface area contributed by atoms with E-state index in [1.54, 1.807) is 24.2 Å². The highest BCUT2D eigenvalue weighted by atomic mass is 32.2. The fourth-order valence-electron chi connectivity index (χ4n) is 3.53. The van der Waals surface area contributed by atoms with Crippen LogP contribution in [0.5, 0.6) is 5.75 Å². The van der Waals surface area contributed by atoms with Crippen molar-refractivity contribution in [1.82, 2.24) is 24.3 Å². The van der Waals surface area contributed by atoms with Gasteiger partial charge in [-0.1, -0.05) is 0 Å². The fraction of sp³-hybridized carbons (Fsp3) is 0.478. The molecule has 0 bridgehead atoms. The lowest BCUT2D eigenvalue weighted by molar-refractivity contribution is -0.0499. The molecule has 1 amide bonds. The predicted octanol–water partition coefficient (Wildman–Crippen LogP) is 4.24. The van der Waals surface area contributed by atoms with Crippen molar-refractivity contribution in [3.8, 4) is 22.9 Å². The van der Waals surface area contributed by atoms with Gasteiger partial charge in [-0.3, -0.25) is 4.68 Å². The molecule has 0 atom stereocenters. The van der Waals surface area contributed by atoms with Gasteiger partial charge in [-0.2, -0.15) is 37.0 Å². The lowest BCUT2D eigenvalue weighted by Crippen LogP contribution is -2.39. The van der Waals surface area contributed by atoms with Gasteiger partial charge in [0.1, 0.15) is 22.8 Å². The summed E-state index contributed by atoms with van der Waals surface area (Å²) in [5.74, 6) is -0.660. The quantitative estimate of drug-likeness (QED) is 0.346. The van der Waals surface area contributed by atoms with E-state index in [2.05, 4.69) is 14.4 Å². The minimum Gasteiger partial charge on any atom is -0.444 e. The predicted molar refractivity (Wildman–Crippen MR) is 129 cm³/mol. The van der Waals surface area contributed by atoms with Crippen molar-refractivity contribution in [3.63, 3.8) is 0 Å². The van der Waals surface area contributed by atoms with Crippen LogP contribution in [0, 0.1) is 11.3 Å². The number of alkyl halides is 3. The number of aryl methyl sites for hydroxylation is 1. The number of likely N-dealkylation sites (tertiary alicyclic amines) is 1. The highest BCUT2D eigenvalue weighted by molar-refractivity contribution is 7.88. The van der Waals surface area contributed by atoms with Crippen molar-refractivity contribution in [1.29, 1.82) is 5.26 Å². The maximum atomic E-state index is 12.6. The molecule has 1 fully saturated rings. The first kappa shape index (κ1) is 28.8. The van der Waals surface area contributed by atoms with E-state index in [0.717, 1.165) is 42.7 Å². The molecular formula is C23H27F3N6O5S. The molecule has 15 heteroatoms. The van der Waals surface area contributed by atoms with E-state index in [-0.39, 0.29) is 22.8 Å². The molecule has 3 aromatic heterocycles. The number of carbonyl (C=O) groups excluding carboxylic acids is 1. The van der Waals surface area contributed by atoms with Crippen molar-refractivity contribution < 1.29 is 35.3 Å². The van der Waals surface area contributed by atoms with Gasteiger partial charge in [0.05, 0.1) is 12.4 Å². The van der Waals surface area contributed by atoms with Crippen LogP contribution in [0.15, 0.2) is 30.9 Å². The molecule has 0 aromatic carbocycles. The topological polar surface area (TPSA) is 132 Å². The van der Waals surface area contributed by atoms with Crippen LogP contribution in [0.1, 0.15) is 45.6 Å². The van der Waals surface area contributed by atoms with Crippen molar-refractivity contribution in [2.24, 2.45) is 7.05 Å². The zero-order chi connectivity index (χ0) is 28.3. The number of ether oxygens (including phenoxy) is 1. The number of hydrogen-bond acceptors (Lipinski definition) is 8. The van der Waals surface area contributed by atoms with E-state index < -0.39 is 21.4 Å². The van der Waals surface area contributed by atoms with Gasteiger partial charge in [0.15, 0.2) is 5.75 Å². The molecule has 0 unspecified atom stereocenters. The lowest BCUT2D eigenvalue weighted by Gasteiger charge is -2.29. The van der Waals surface area contributed by atoms with Gasteiger partial charge in [0.25, 0.3) is 0 Å². The summed E-state index contributed by atoms with van der Waals surface area (Å²) in [6.45, 7) is 7.41. The Labute approximate surface area is 217 Å². The van der Waals surface area contributed by atoms with Gasteiger partial charge in [-0.15, -0.1) is 0 Å². The molecule has 0 radical (unpaired) electrons. The number of aromatic nitrogens is 4. The highest BCUT2D eigenvalue weighted by Crippen LogP contribution is 2.34. The van der Waals surface area contributed by atoms with Gasteiger partial charge in [0, 0.05) is 43.7 Å². The summed E-state index contributed by atoms with van der Waals surface area (Å²) in [5.41, 5.74) is -5.50. The number of carbonyl (C=O) groups is 1. The van der Waals surface area contributed by atoms with Crippen molar-refractivity contribution in [2.45, 2.75) is 51.1 Å². The third-order valence-corrected chi connectivity index (χ3v) is 6.19. The molecule has 1 aliphatic rings. The number of fused-ring (bicyclic) bond motifs is 1. The number of pyridine rings is 1. The van der Waals surface area contributed by atoms with Crippen LogP contribution < -0.4 is 4.18 Å². The van der Waals surface area contributed by atoms with Crippen molar-refractivity contribution in [3.05, 3.63) is 36.4 Å². The van der Waals surface area contributed by atoms with Gasteiger partial charge < -0.3 is 13.8 Å². The van der Waals surface area contributed by atoms with Gasteiger partial charge >= 0.3 is 21.7 Å². The Morgan fingerprint density at radius 2 is 1.71 bits per heavy atom. The van der Waals surface area contributed by atoms with E-state index in [9.17, 15) is 26.4 Å². The maximum absolute atomic E-state index is 12.6. The summed E-state index contributed by atoms with van der Waals surface area (Å²) in [6, 6.07) is 2.80. The Balaban J connectivity index is 0.000000260. The summed E-state index contributed by atoms with van der Waals surface area (Å²) in [5, 5.41) is 16.8. The van der Waals surface area contributed by atoms with E-state index in [4.69, 9.17) is 10.00 Å². The molecule has 0 spiro atoms. The number of nitrogens with zero attached hydrogens (tertiary/aromatic N) is 6. The van der Waals surface area contributed by atoms with Crippen LogP contribution in [-0.2, 0) is 21.9 Å². The van der Waals surface area contributed by atoms with Crippen LogP contribution in [-0.4, -0.2) is 63.0 Å². The molecule has 3 aromatic rings. The van der Waals surface area contributed by atoms with Crippen LogP contribution in [0.4, 0.5) is 18.0 Å². The largest absolute Gasteiger partial charge is 0.534 e. The molecule has 4 heterocycles. The zero-order valence-electron chi connectivity index (χ0n) is 21.2. The standard InChI is InChI=1S/C13H8F3N5O3S.C10H19NO2/c1-20-6-10(5-18-20)8-2-11(24-25(22,23)13(14,15)16)12-9(3-17)4-19-21(12)7-8;1-10(2,3)13-9(12)11-7-5-4-6-8-11/h2,4-7H,1H3;4-8H2,1-3H3. The normalized spacial score (nSPS) is 14.4. The first-order chi connectivity index (χ1) is 17.6. The second kappa shape index (κ2) is 10.9. The first-order valence-corrected chi connectivity index (χ1v) is 12.9. The minimum absolute atomic E-state index is 0.134. The average molecular weight is 557 g/mol. The van der Waals surface area contributed by atoms with E-state index in [0.29, 0.717) is 11.1 Å². The number of nitriles is 1. The van der Waals surface area contributed by atoms with Crippen molar-refractivity contribution in [2.75, 3.05) is 13.1 Å². The highest BCUT2D eigenvalue weighted by Gasteiger charge is 2.49. The zero-order valence-corrected chi connectivity index (χ0v) is 22.0. The van der Waals surface area contributed by atoms with Crippen LogP contribution in [0.2, 0.25) is 0 Å². The molecule has 1 saturated heterocycles. The molecule has 0 saturated carbocycles. The Kier molecular flexibility index (Phi) is 8.25. The van der Waals surface area contributed by atoms with Gasteiger partial charge in [-0.05, 0) is 46.1 Å². The summed E-state index contributed by atoms with van der Waals surface area (Å²) in [6.07, 6.45) is 8.80. The summed E-state index contributed by atoms with van der Waals surface area (Å²) in [4.78, 5) is 13.3. The van der Waals surface area contributed by atoms with Gasteiger partial charge in [0.2, 0.25) is 0 Å². The maximum Gasteiger partial charge on any atom is 0.534 e. The number of amides is 1. The molecule has 4 rings (SSSR count). The third-order valence-electron chi connectivity index (χ3n) is 5.23. The monoisotopic (exact) mass is 556 g/mol. The second-order valence-corrected chi connectivity index (χ2v) is 11.0. The second-order valence-electron chi connectivity index (χ2n) is 9.47. The van der Waals surface area contributed by atoms with Crippen LogP contribution in [0.3, 0.4) is 0 Å². The Bertz CT molecular complexity index is 1440. The summed E-state index contributed by atoms with van der Waals surface area (Å²) >= 11 is 0. The molecule has 1 aliphatic heterocycles. The molecule has 38 heavy (non-hydrogen) atoms.